The van der Waals surface area contributed by atoms with Gasteiger partial charge in [0.1, 0.15) is 5.82 Å². The van der Waals surface area contributed by atoms with E-state index in [9.17, 15) is 9.90 Å². The molecular formula is C30H33N3O2. The molecule has 5 rings (SSSR count). The van der Waals surface area contributed by atoms with Crippen LogP contribution in [0.3, 0.4) is 0 Å². The van der Waals surface area contributed by atoms with Crippen LogP contribution in [0.4, 0.5) is 5.69 Å². The van der Waals surface area contributed by atoms with Crippen molar-refractivity contribution in [3.63, 3.8) is 0 Å². The molecule has 180 valence electrons. The normalized spacial score (nSPS) is 19.2. The number of primary amides is 1. The number of hydrogen-bond donors (Lipinski definition) is 2. The summed E-state index contributed by atoms with van der Waals surface area (Å²) in [6.07, 6.45) is 8.61. The second-order valence-corrected chi connectivity index (χ2v) is 10.1. The van der Waals surface area contributed by atoms with Gasteiger partial charge in [-0.3, -0.25) is 9.69 Å². The molecule has 2 aromatic rings. The maximum Gasteiger partial charge on any atom is 0.251 e. The minimum Gasteiger partial charge on any atom is -0.396 e. The lowest BCUT2D eigenvalue weighted by Crippen LogP contribution is -2.47. The Kier molecular flexibility index (Phi) is 6.12. The highest BCUT2D eigenvalue weighted by Crippen LogP contribution is 2.45. The van der Waals surface area contributed by atoms with E-state index < -0.39 is 5.91 Å². The van der Waals surface area contributed by atoms with Crippen LogP contribution in [0.25, 0.3) is 6.08 Å². The van der Waals surface area contributed by atoms with Gasteiger partial charge in [0, 0.05) is 31.7 Å². The molecule has 0 saturated carbocycles. The molecule has 3 aliphatic heterocycles. The van der Waals surface area contributed by atoms with Crippen molar-refractivity contribution in [3.05, 3.63) is 106 Å². The van der Waals surface area contributed by atoms with Crippen LogP contribution in [0.1, 0.15) is 37.8 Å². The van der Waals surface area contributed by atoms with E-state index in [1.54, 1.807) is 0 Å². The van der Waals surface area contributed by atoms with Crippen molar-refractivity contribution in [2.45, 2.75) is 33.1 Å². The number of rotatable bonds is 5. The second kappa shape index (κ2) is 9.23. The summed E-state index contributed by atoms with van der Waals surface area (Å²) in [5.74, 6) is 0.696. The van der Waals surface area contributed by atoms with Crippen molar-refractivity contribution in [3.8, 4) is 0 Å². The Morgan fingerprint density at radius 2 is 1.74 bits per heavy atom. The Morgan fingerprint density at radius 1 is 1.06 bits per heavy atom. The number of fused-ring (bicyclic) bond motifs is 3. The predicted octanol–water partition coefficient (Wildman–Crippen LogP) is 4.77. The number of aliphatic hydroxyl groups excluding tert-OH is 1. The number of para-hydroxylation sites is 1. The fourth-order valence-corrected chi connectivity index (χ4v) is 5.42. The number of aliphatic hydroxyl groups is 1. The van der Waals surface area contributed by atoms with Crippen LogP contribution in [0.5, 0.6) is 0 Å². The van der Waals surface area contributed by atoms with Gasteiger partial charge in [-0.2, -0.15) is 0 Å². The lowest BCUT2D eigenvalue weighted by molar-refractivity contribution is -0.114. The summed E-state index contributed by atoms with van der Waals surface area (Å²) in [6, 6.07) is 18.7. The Hall–Kier alpha value is -3.57. The molecule has 5 heteroatoms. The summed E-state index contributed by atoms with van der Waals surface area (Å²) < 4.78 is 0. The first-order valence-corrected chi connectivity index (χ1v) is 12.3. The van der Waals surface area contributed by atoms with E-state index >= 15 is 0 Å². The molecule has 2 aromatic carbocycles. The minimum absolute atomic E-state index is 0.0640. The Morgan fingerprint density at radius 3 is 2.43 bits per heavy atom. The average Bonchev–Trinajstić information content (AvgIpc) is 3.05. The number of carbonyl (C=O) groups excluding carboxylic acids is 1. The van der Waals surface area contributed by atoms with Crippen LogP contribution in [-0.4, -0.2) is 35.6 Å². The van der Waals surface area contributed by atoms with Gasteiger partial charge in [0.25, 0.3) is 5.91 Å². The molecule has 0 spiro atoms. The minimum atomic E-state index is -0.414. The zero-order chi connectivity index (χ0) is 24.6. The third kappa shape index (κ3) is 4.21. The molecule has 3 N–H and O–H groups in total. The summed E-state index contributed by atoms with van der Waals surface area (Å²) in [4.78, 5) is 17.5. The monoisotopic (exact) mass is 467 g/mol. The zero-order valence-electron chi connectivity index (χ0n) is 20.5. The second-order valence-electron chi connectivity index (χ2n) is 10.1. The van der Waals surface area contributed by atoms with Gasteiger partial charge in [-0.05, 0) is 54.0 Å². The first-order valence-electron chi connectivity index (χ1n) is 12.3. The number of likely N-dealkylation sites (tertiary alicyclic amines) is 1. The summed E-state index contributed by atoms with van der Waals surface area (Å²) in [6.45, 7) is 6.06. The third-order valence-corrected chi connectivity index (χ3v) is 7.64. The molecule has 0 aromatic heterocycles. The van der Waals surface area contributed by atoms with Crippen molar-refractivity contribution in [2.24, 2.45) is 11.1 Å². The smallest absolute Gasteiger partial charge is 0.251 e. The van der Waals surface area contributed by atoms with E-state index in [0.717, 1.165) is 59.8 Å². The van der Waals surface area contributed by atoms with Gasteiger partial charge >= 0.3 is 0 Å². The Balaban J connectivity index is 1.74. The van der Waals surface area contributed by atoms with E-state index in [1.165, 1.54) is 5.56 Å². The van der Waals surface area contributed by atoms with Crippen LogP contribution in [-0.2, 0) is 11.2 Å². The Labute approximate surface area is 207 Å². The number of allylic oxidation sites excluding steroid dienone is 4. The number of carbonyl (C=O) groups is 1. The van der Waals surface area contributed by atoms with Crippen LogP contribution in [0, 0.1) is 5.41 Å². The first kappa shape index (κ1) is 23.2. The van der Waals surface area contributed by atoms with Gasteiger partial charge in [0.15, 0.2) is 0 Å². The fourth-order valence-electron chi connectivity index (χ4n) is 5.42. The highest BCUT2D eigenvalue weighted by atomic mass is 16.3. The lowest BCUT2D eigenvalue weighted by Gasteiger charge is -2.47. The Bertz CT molecular complexity index is 1260. The molecule has 3 heterocycles. The average molecular weight is 468 g/mol. The largest absolute Gasteiger partial charge is 0.396 e. The van der Waals surface area contributed by atoms with Crippen LogP contribution in [0.15, 0.2) is 95.0 Å². The standard InChI is InChI=1S/C30H33N3O2/c1-21-24(19-22-9-4-3-5-10-22)29(32-17-15-30(2,20-34)16-18-32)33-25-13-7-6-11-23(25)12-8-14-26(33)27(21)28(31)35/h3-14,34H,15-20H2,1-2H3,(H2,31,35). The van der Waals surface area contributed by atoms with Crippen molar-refractivity contribution in [1.82, 2.24) is 4.90 Å². The number of amides is 1. The van der Waals surface area contributed by atoms with Crippen molar-refractivity contribution in [1.29, 1.82) is 0 Å². The van der Waals surface area contributed by atoms with E-state index in [-0.39, 0.29) is 12.0 Å². The molecule has 5 nitrogen and oxygen atoms in total. The highest BCUT2D eigenvalue weighted by Gasteiger charge is 2.39. The lowest BCUT2D eigenvalue weighted by atomic mass is 9.80. The van der Waals surface area contributed by atoms with Gasteiger partial charge < -0.3 is 15.7 Å². The maximum absolute atomic E-state index is 12.9. The number of piperidine rings is 1. The van der Waals surface area contributed by atoms with E-state index in [2.05, 4.69) is 59.2 Å². The fraction of sp³-hybridized carbons (Fsp3) is 0.300. The van der Waals surface area contributed by atoms with Gasteiger partial charge in [-0.1, -0.05) is 67.6 Å². The topological polar surface area (TPSA) is 69.8 Å². The summed E-state index contributed by atoms with van der Waals surface area (Å²) in [7, 11) is 0. The van der Waals surface area contributed by atoms with Gasteiger partial charge in [0.2, 0.25) is 0 Å². The number of hydrogen-bond acceptors (Lipinski definition) is 4. The number of nitrogens with two attached hydrogens (primary N) is 1. The SMILES string of the molecule is CC1=C(C(N)=O)C2=CC=Cc3ccccc3N2C(N2CCC(C)(CO)CC2)=C1Cc1ccccc1. The third-order valence-electron chi connectivity index (χ3n) is 7.64. The van der Waals surface area contributed by atoms with E-state index in [0.29, 0.717) is 12.0 Å². The van der Waals surface area contributed by atoms with Gasteiger partial charge in [0.05, 0.1) is 17.0 Å². The molecular weight excluding hydrogens is 434 g/mol. The molecule has 0 bridgehead atoms. The van der Waals surface area contributed by atoms with Crippen molar-refractivity contribution in [2.75, 3.05) is 24.6 Å². The maximum atomic E-state index is 12.9. The molecule has 0 radical (unpaired) electrons. The summed E-state index contributed by atoms with van der Waals surface area (Å²) in [5, 5.41) is 9.97. The van der Waals surface area contributed by atoms with Gasteiger partial charge in [-0.25, -0.2) is 0 Å². The summed E-state index contributed by atoms with van der Waals surface area (Å²) >= 11 is 0. The van der Waals surface area contributed by atoms with Crippen LogP contribution < -0.4 is 10.6 Å². The number of benzene rings is 2. The molecule has 0 atom stereocenters. The quantitative estimate of drug-likeness (QED) is 0.665. The van der Waals surface area contributed by atoms with E-state index in [1.807, 2.05) is 37.3 Å². The highest BCUT2D eigenvalue weighted by molar-refractivity contribution is 6.01. The van der Waals surface area contributed by atoms with Crippen molar-refractivity contribution < 1.29 is 9.90 Å². The molecule has 3 aliphatic rings. The number of nitrogens with zero attached hydrogens (tertiary/aromatic N) is 2. The zero-order valence-corrected chi connectivity index (χ0v) is 20.5. The first-order chi connectivity index (χ1) is 16.9. The molecule has 0 unspecified atom stereocenters. The molecule has 1 amide bonds. The summed E-state index contributed by atoms with van der Waals surface area (Å²) in [5.41, 5.74) is 12.7. The van der Waals surface area contributed by atoms with E-state index in [4.69, 9.17) is 5.73 Å². The van der Waals surface area contributed by atoms with Crippen molar-refractivity contribution >= 4 is 17.7 Å². The predicted molar refractivity (Wildman–Crippen MR) is 141 cm³/mol. The molecule has 0 aliphatic carbocycles. The van der Waals surface area contributed by atoms with Crippen LogP contribution >= 0.6 is 0 Å². The molecule has 35 heavy (non-hydrogen) atoms. The molecule has 1 fully saturated rings. The molecule has 1 saturated heterocycles. The van der Waals surface area contributed by atoms with Crippen LogP contribution in [0.2, 0.25) is 0 Å². The number of anilines is 1. The van der Waals surface area contributed by atoms with Gasteiger partial charge in [-0.15, -0.1) is 0 Å².